The summed E-state index contributed by atoms with van der Waals surface area (Å²) >= 11 is 0. The zero-order chi connectivity index (χ0) is 10.3. The molecule has 14 heavy (non-hydrogen) atoms. The van der Waals surface area contributed by atoms with E-state index in [0.717, 1.165) is 12.8 Å². The van der Waals surface area contributed by atoms with Gasteiger partial charge in [-0.05, 0) is 25.8 Å². The van der Waals surface area contributed by atoms with Gasteiger partial charge in [-0.15, -0.1) is 0 Å². The lowest BCUT2D eigenvalue weighted by Gasteiger charge is -2.20. The average molecular weight is 197 g/mol. The lowest BCUT2D eigenvalue weighted by atomic mass is 10.2. The zero-order valence-corrected chi connectivity index (χ0v) is 8.27. The second-order valence-corrected chi connectivity index (χ2v) is 3.91. The molecule has 0 aromatic rings. The maximum absolute atomic E-state index is 11.7. The van der Waals surface area contributed by atoms with E-state index < -0.39 is 0 Å². The largest absolute Gasteiger partial charge is 0.330 e. The second-order valence-electron chi connectivity index (χ2n) is 3.91. The van der Waals surface area contributed by atoms with Crippen molar-refractivity contribution < 1.29 is 9.59 Å². The predicted octanol–water partition coefficient (Wildman–Crippen LogP) is -0.240. The Hall–Kier alpha value is -1.10. The SMILES string of the molecule is CN1C(=O)C(CCN)N(C2CC2)C1=O. The van der Waals surface area contributed by atoms with E-state index in [1.54, 1.807) is 4.90 Å². The topological polar surface area (TPSA) is 66.6 Å². The molecule has 78 valence electrons. The molecule has 1 saturated carbocycles. The minimum Gasteiger partial charge on any atom is -0.330 e. The molecular weight excluding hydrogens is 182 g/mol. The van der Waals surface area contributed by atoms with E-state index in [2.05, 4.69) is 0 Å². The second kappa shape index (κ2) is 3.24. The number of nitrogens with zero attached hydrogens (tertiary/aromatic N) is 2. The standard InChI is InChI=1S/C9H15N3O2/c1-11-8(13)7(4-5-10)12(9(11)14)6-2-3-6/h6-7H,2-5,10H2,1H3. The number of nitrogens with two attached hydrogens (primary N) is 1. The number of hydrogen-bond acceptors (Lipinski definition) is 3. The molecule has 0 aromatic carbocycles. The van der Waals surface area contributed by atoms with E-state index >= 15 is 0 Å². The molecule has 0 aromatic heterocycles. The normalized spacial score (nSPS) is 27.7. The Balaban J connectivity index is 2.18. The molecule has 1 unspecified atom stereocenters. The van der Waals surface area contributed by atoms with Crippen molar-refractivity contribution in [2.45, 2.75) is 31.3 Å². The highest BCUT2D eigenvalue weighted by atomic mass is 16.2. The van der Waals surface area contributed by atoms with Gasteiger partial charge in [-0.1, -0.05) is 0 Å². The summed E-state index contributed by atoms with van der Waals surface area (Å²) in [5, 5.41) is 0. The van der Waals surface area contributed by atoms with Crippen LogP contribution in [-0.2, 0) is 4.79 Å². The van der Waals surface area contributed by atoms with Crippen LogP contribution >= 0.6 is 0 Å². The number of carbonyl (C=O) groups is 2. The molecule has 1 heterocycles. The fourth-order valence-corrected chi connectivity index (χ4v) is 1.93. The van der Waals surface area contributed by atoms with Crippen molar-refractivity contribution in [3.8, 4) is 0 Å². The predicted molar refractivity (Wildman–Crippen MR) is 50.5 cm³/mol. The molecule has 1 aliphatic carbocycles. The highest BCUT2D eigenvalue weighted by molar-refractivity contribution is 6.04. The molecule has 0 radical (unpaired) electrons. The van der Waals surface area contributed by atoms with Crippen molar-refractivity contribution in [3.05, 3.63) is 0 Å². The summed E-state index contributed by atoms with van der Waals surface area (Å²) in [4.78, 5) is 26.2. The first-order chi connectivity index (χ1) is 6.66. The summed E-state index contributed by atoms with van der Waals surface area (Å²) in [6, 6.07) is -0.172. The lowest BCUT2D eigenvalue weighted by Crippen LogP contribution is -2.38. The number of urea groups is 1. The molecule has 0 bridgehead atoms. The van der Waals surface area contributed by atoms with Crippen LogP contribution in [0.1, 0.15) is 19.3 Å². The molecule has 5 nitrogen and oxygen atoms in total. The number of carbonyl (C=O) groups excluding carboxylic acids is 2. The highest BCUT2D eigenvalue weighted by Crippen LogP contribution is 2.33. The first-order valence-corrected chi connectivity index (χ1v) is 4.96. The van der Waals surface area contributed by atoms with Gasteiger partial charge in [0.25, 0.3) is 5.91 Å². The van der Waals surface area contributed by atoms with Crippen molar-refractivity contribution >= 4 is 11.9 Å². The van der Waals surface area contributed by atoms with Gasteiger partial charge in [0.05, 0.1) is 0 Å². The van der Waals surface area contributed by atoms with Gasteiger partial charge in [0.1, 0.15) is 6.04 Å². The Morgan fingerprint density at radius 1 is 1.43 bits per heavy atom. The smallest absolute Gasteiger partial charge is 0.327 e. The summed E-state index contributed by atoms with van der Waals surface area (Å²) in [7, 11) is 1.54. The first kappa shape index (κ1) is 9.45. The molecule has 2 fully saturated rings. The molecule has 1 atom stereocenters. The molecule has 2 N–H and O–H groups in total. The fraction of sp³-hybridized carbons (Fsp3) is 0.778. The Morgan fingerprint density at radius 3 is 2.57 bits per heavy atom. The van der Waals surface area contributed by atoms with Crippen LogP contribution in [0.2, 0.25) is 0 Å². The number of likely N-dealkylation sites (N-methyl/N-ethyl adjacent to an activating group) is 1. The Morgan fingerprint density at radius 2 is 2.07 bits per heavy atom. The molecule has 1 saturated heterocycles. The van der Waals surface area contributed by atoms with Crippen LogP contribution in [0.25, 0.3) is 0 Å². The van der Waals surface area contributed by atoms with Gasteiger partial charge in [0.15, 0.2) is 0 Å². The van der Waals surface area contributed by atoms with Crippen LogP contribution in [0.4, 0.5) is 4.79 Å². The van der Waals surface area contributed by atoms with Crippen molar-refractivity contribution in [1.29, 1.82) is 0 Å². The zero-order valence-electron chi connectivity index (χ0n) is 8.27. The molecule has 3 amide bonds. The van der Waals surface area contributed by atoms with Gasteiger partial charge in [-0.2, -0.15) is 0 Å². The third kappa shape index (κ3) is 1.28. The number of rotatable bonds is 3. The van der Waals surface area contributed by atoms with E-state index in [-0.39, 0.29) is 24.0 Å². The van der Waals surface area contributed by atoms with Gasteiger partial charge >= 0.3 is 6.03 Å². The van der Waals surface area contributed by atoms with Crippen LogP contribution < -0.4 is 5.73 Å². The van der Waals surface area contributed by atoms with Crippen LogP contribution in [0.5, 0.6) is 0 Å². The summed E-state index contributed by atoms with van der Waals surface area (Å²) in [6.07, 6.45) is 2.62. The summed E-state index contributed by atoms with van der Waals surface area (Å²) in [5.74, 6) is -0.104. The first-order valence-electron chi connectivity index (χ1n) is 4.96. The van der Waals surface area contributed by atoms with Gasteiger partial charge in [0, 0.05) is 13.1 Å². The van der Waals surface area contributed by atoms with Gasteiger partial charge in [0.2, 0.25) is 0 Å². The average Bonchev–Trinajstić information content (AvgIpc) is 2.95. The van der Waals surface area contributed by atoms with Crippen LogP contribution in [0, 0.1) is 0 Å². The van der Waals surface area contributed by atoms with E-state index in [1.807, 2.05) is 0 Å². The van der Waals surface area contributed by atoms with Gasteiger partial charge in [-0.3, -0.25) is 9.69 Å². The van der Waals surface area contributed by atoms with Crippen LogP contribution in [0.3, 0.4) is 0 Å². The molecule has 2 rings (SSSR count). The monoisotopic (exact) mass is 197 g/mol. The third-order valence-electron chi connectivity index (χ3n) is 2.84. The maximum Gasteiger partial charge on any atom is 0.327 e. The molecule has 5 heteroatoms. The number of amides is 3. The minimum atomic E-state index is -0.301. The third-order valence-corrected chi connectivity index (χ3v) is 2.84. The van der Waals surface area contributed by atoms with Crippen LogP contribution in [-0.4, -0.2) is 47.4 Å². The quantitative estimate of drug-likeness (QED) is 0.635. The van der Waals surface area contributed by atoms with Gasteiger partial charge in [-0.25, -0.2) is 4.79 Å². The van der Waals surface area contributed by atoms with Crippen molar-refractivity contribution in [2.75, 3.05) is 13.6 Å². The summed E-state index contributed by atoms with van der Waals surface area (Å²) in [5.41, 5.74) is 5.44. The van der Waals surface area contributed by atoms with Gasteiger partial charge < -0.3 is 10.6 Å². The van der Waals surface area contributed by atoms with E-state index in [1.165, 1.54) is 11.9 Å². The highest BCUT2D eigenvalue weighted by Gasteiger charge is 2.48. The molecule has 2 aliphatic rings. The molecule has 0 spiro atoms. The van der Waals surface area contributed by atoms with E-state index in [4.69, 9.17) is 5.73 Å². The summed E-state index contributed by atoms with van der Waals surface area (Å²) < 4.78 is 0. The number of imide groups is 1. The molecule has 1 aliphatic heterocycles. The van der Waals surface area contributed by atoms with Crippen molar-refractivity contribution in [2.24, 2.45) is 5.73 Å². The fourth-order valence-electron chi connectivity index (χ4n) is 1.93. The molecular formula is C9H15N3O2. The van der Waals surface area contributed by atoms with Crippen LogP contribution in [0.15, 0.2) is 0 Å². The van der Waals surface area contributed by atoms with Crippen molar-refractivity contribution in [1.82, 2.24) is 9.80 Å². The lowest BCUT2D eigenvalue weighted by molar-refractivity contribution is -0.127. The van der Waals surface area contributed by atoms with Crippen molar-refractivity contribution in [3.63, 3.8) is 0 Å². The number of hydrogen-bond donors (Lipinski definition) is 1. The summed E-state index contributed by atoms with van der Waals surface area (Å²) in [6.45, 7) is 0.445. The Kier molecular flexibility index (Phi) is 2.19. The van der Waals surface area contributed by atoms with E-state index in [9.17, 15) is 9.59 Å². The maximum atomic E-state index is 11.7. The van der Waals surface area contributed by atoms with E-state index in [0.29, 0.717) is 13.0 Å². The Labute approximate surface area is 82.8 Å². The Bertz CT molecular complexity index is 275. The minimum absolute atomic E-state index is 0.104.